The van der Waals surface area contributed by atoms with Crippen LogP contribution in [0.4, 0.5) is 5.69 Å². The van der Waals surface area contributed by atoms with E-state index < -0.39 is 0 Å². The second kappa shape index (κ2) is 3.44. The van der Waals surface area contributed by atoms with Crippen molar-refractivity contribution >= 4 is 51.5 Å². The van der Waals surface area contributed by atoms with E-state index in [-0.39, 0.29) is 0 Å². The molecule has 0 spiro atoms. The Balaban J connectivity index is 2.87. The topological polar surface area (TPSA) is 26.0 Å². The van der Waals surface area contributed by atoms with Crippen LogP contribution in [0, 0.1) is 0 Å². The average molecular weight is 227 g/mol. The molecule has 0 radical (unpaired) electrons. The van der Waals surface area contributed by atoms with E-state index in [1.807, 2.05) is 12.1 Å². The van der Waals surface area contributed by atoms with Gasteiger partial charge in [-0.25, -0.2) is 0 Å². The maximum atomic E-state index is 5.86. The summed E-state index contributed by atoms with van der Waals surface area (Å²) in [7, 11) is 0. The number of rotatable bonds is 1. The first-order valence-electron chi connectivity index (χ1n) is 3.76. The van der Waals surface area contributed by atoms with E-state index in [1.54, 1.807) is 23.1 Å². The Labute approximate surface area is 90.7 Å². The molecule has 0 bridgehead atoms. The van der Waals surface area contributed by atoms with Gasteiger partial charge in [0, 0.05) is 26.2 Å². The maximum Gasteiger partial charge on any atom is 0.0595 e. The number of nitrogen functional groups attached to an aromatic ring is 1. The number of fused-ring (bicyclic) bond motifs is 1. The molecule has 0 atom stereocenters. The number of thiol groups is 1. The van der Waals surface area contributed by atoms with E-state index >= 15 is 0 Å². The number of hydrogen-bond acceptors (Lipinski definition) is 4. The Morgan fingerprint density at radius 2 is 2.23 bits per heavy atom. The summed E-state index contributed by atoms with van der Waals surface area (Å²) < 4.78 is 1.15. The maximum absolute atomic E-state index is 5.86. The molecular weight excluding hydrogens is 218 g/mol. The van der Waals surface area contributed by atoms with Gasteiger partial charge in [-0.15, -0.1) is 35.7 Å². The summed E-state index contributed by atoms with van der Waals surface area (Å²) >= 11 is 7.84. The standard InChI is InChI=1S/C9H9NS3/c1-12-7-4-13-9-5(10)2-3-6(11)8(7)9/h2-4,11H,10H2,1H3. The van der Waals surface area contributed by atoms with Crippen molar-refractivity contribution in [3.05, 3.63) is 17.5 Å². The Kier molecular flexibility index (Phi) is 2.45. The van der Waals surface area contributed by atoms with Gasteiger partial charge in [0.15, 0.2) is 0 Å². The van der Waals surface area contributed by atoms with Crippen LogP contribution in [0.15, 0.2) is 27.3 Å². The van der Waals surface area contributed by atoms with Crippen LogP contribution in [0.2, 0.25) is 0 Å². The SMILES string of the molecule is CSc1csc2c(N)ccc(S)c12. The molecule has 0 aliphatic heterocycles. The molecule has 0 amide bonds. The zero-order valence-electron chi connectivity index (χ0n) is 7.07. The van der Waals surface area contributed by atoms with Crippen molar-refractivity contribution in [2.24, 2.45) is 0 Å². The molecule has 1 aromatic heterocycles. The highest BCUT2D eigenvalue weighted by molar-refractivity contribution is 7.99. The van der Waals surface area contributed by atoms with Crippen molar-refractivity contribution in [3.8, 4) is 0 Å². The highest BCUT2D eigenvalue weighted by Gasteiger charge is 2.08. The van der Waals surface area contributed by atoms with E-state index in [4.69, 9.17) is 5.73 Å². The Hall–Kier alpha value is -0.320. The van der Waals surface area contributed by atoms with Crippen molar-refractivity contribution in [1.29, 1.82) is 0 Å². The van der Waals surface area contributed by atoms with Gasteiger partial charge in [-0.1, -0.05) is 0 Å². The van der Waals surface area contributed by atoms with E-state index in [0.29, 0.717) is 0 Å². The third-order valence-corrected chi connectivity index (χ3v) is 4.23. The smallest absolute Gasteiger partial charge is 0.0595 e. The van der Waals surface area contributed by atoms with Crippen LogP contribution in [-0.2, 0) is 0 Å². The normalized spacial score (nSPS) is 10.9. The largest absolute Gasteiger partial charge is 0.398 e. The predicted molar refractivity (Wildman–Crippen MR) is 65.3 cm³/mol. The minimum absolute atomic E-state index is 0.845. The first kappa shape index (κ1) is 9.24. The molecule has 4 heteroatoms. The lowest BCUT2D eigenvalue weighted by atomic mass is 10.2. The summed E-state index contributed by atoms with van der Waals surface area (Å²) in [5.41, 5.74) is 6.71. The number of benzene rings is 1. The molecule has 68 valence electrons. The fourth-order valence-electron chi connectivity index (χ4n) is 1.28. The predicted octanol–water partition coefficient (Wildman–Crippen LogP) is 3.49. The zero-order chi connectivity index (χ0) is 9.42. The first-order chi connectivity index (χ1) is 6.24. The van der Waals surface area contributed by atoms with Gasteiger partial charge < -0.3 is 5.73 Å². The van der Waals surface area contributed by atoms with Crippen molar-refractivity contribution in [3.63, 3.8) is 0 Å². The molecule has 0 saturated heterocycles. The lowest BCUT2D eigenvalue weighted by molar-refractivity contribution is 1.51. The lowest BCUT2D eigenvalue weighted by Crippen LogP contribution is -1.84. The number of thiophene rings is 1. The Morgan fingerprint density at radius 3 is 2.92 bits per heavy atom. The van der Waals surface area contributed by atoms with Gasteiger partial charge in [0.25, 0.3) is 0 Å². The molecule has 1 heterocycles. The number of nitrogens with two attached hydrogens (primary N) is 1. The molecule has 0 aliphatic rings. The summed E-state index contributed by atoms with van der Waals surface area (Å²) in [6.45, 7) is 0. The third kappa shape index (κ3) is 1.43. The first-order valence-corrected chi connectivity index (χ1v) is 6.32. The van der Waals surface area contributed by atoms with Crippen LogP contribution in [0.5, 0.6) is 0 Å². The molecule has 2 aromatic rings. The third-order valence-electron chi connectivity index (χ3n) is 1.92. The number of anilines is 1. The molecule has 13 heavy (non-hydrogen) atoms. The molecule has 0 saturated carbocycles. The second-order valence-electron chi connectivity index (χ2n) is 2.68. The van der Waals surface area contributed by atoms with Crippen LogP contribution < -0.4 is 5.73 Å². The van der Waals surface area contributed by atoms with E-state index in [0.717, 1.165) is 15.3 Å². The second-order valence-corrected chi connectivity index (χ2v) is 4.89. The summed E-state index contributed by atoms with van der Waals surface area (Å²) in [6, 6.07) is 3.86. The zero-order valence-corrected chi connectivity index (χ0v) is 9.60. The van der Waals surface area contributed by atoms with Gasteiger partial charge >= 0.3 is 0 Å². The summed E-state index contributed by atoms with van der Waals surface area (Å²) in [6.07, 6.45) is 2.07. The number of thioether (sulfide) groups is 1. The van der Waals surface area contributed by atoms with E-state index in [1.165, 1.54) is 10.3 Å². The van der Waals surface area contributed by atoms with Gasteiger partial charge in [0.2, 0.25) is 0 Å². The van der Waals surface area contributed by atoms with Crippen LogP contribution >= 0.6 is 35.7 Å². The molecule has 2 N–H and O–H groups in total. The van der Waals surface area contributed by atoms with Gasteiger partial charge in [-0.3, -0.25) is 0 Å². The average Bonchev–Trinajstić information content (AvgIpc) is 2.56. The fourth-order valence-corrected chi connectivity index (χ4v) is 3.63. The minimum Gasteiger partial charge on any atom is -0.398 e. The molecule has 0 unspecified atom stereocenters. The van der Waals surface area contributed by atoms with Crippen molar-refractivity contribution in [2.75, 3.05) is 12.0 Å². The van der Waals surface area contributed by atoms with Crippen LogP contribution in [0.3, 0.4) is 0 Å². The lowest BCUT2D eigenvalue weighted by Gasteiger charge is -2.00. The quantitative estimate of drug-likeness (QED) is 0.443. The fraction of sp³-hybridized carbons (Fsp3) is 0.111. The molecule has 2 rings (SSSR count). The molecule has 0 aliphatic carbocycles. The summed E-state index contributed by atoms with van der Waals surface area (Å²) in [5, 5.41) is 3.33. The van der Waals surface area contributed by atoms with Gasteiger partial charge in [-0.2, -0.15) is 0 Å². The minimum atomic E-state index is 0.845. The molecule has 1 aromatic carbocycles. The van der Waals surface area contributed by atoms with Gasteiger partial charge in [0.1, 0.15) is 0 Å². The number of hydrogen-bond donors (Lipinski definition) is 2. The highest BCUT2D eigenvalue weighted by Crippen LogP contribution is 2.39. The summed E-state index contributed by atoms with van der Waals surface area (Å²) in [4.78, 5) is 2.27. The van der Waals surface area contributed by atoms with Crippen molar-refractivity contribution < 1.29 is 0 Å². The van der Waals surface area contributed by atoms with Gasteiger partial charge in [0.05, 0.1) is 4.70 Å². The van der Waals surface area contributed by atoms with Crippen LogP contribution in [-0.4, -0.2) is 6.26 Å². The molecule has 0 fully saturated rings. The van der Waals surface area contributed by atoms with E-state index in [9.17, 15) is 0 Å². The van der Waals surface area contributed by atoms with E-state index in [2.05, 4.69) is 24.3 Å². The van der Waals surface area contributed by atoms with Gasteiger partial charge in [-0.05, 0) is 18.4 Å². The molecular formula is C9H9NS3. The van der Waals surface area contributed by atoms with Crippen molar-refractivity contribution in [2.45, 2.75) is 9.79 Å². The monoisotopic (exact) mass is 227 g/mol. The highest BCUT2D eigenvalue weighted by atomic mass is 32.2. The Bertz CT molecular complexity index is 447. The van der Waals surface area contributed by atoms with Crippen LogP contribution in [0.1, 0.15) is 0 Å². The molecule has 1 nitrogen and oxygen atoms in total. The Morgan fingerprint density at radius 1 is 1.46 bits per heavy atom. The summed E-state index contributed by atoms with van der Waals surface area (Å²) in [5.74, 6) is 0. The van der Waals surface area contributed by atoms with Crippen molar-refractivity contribution in [1.82, 2.24) is 0 Å². The van der Waals surface area contributed by atoms with Crippen LogP contribution in [0.25, 0.3) is 10.1 Å².